The van der Waals surface area contributed by atoms with Crippen LogP contribution in [0.3, 0.4) is 0 Å². The Labute approximate surface area is 125 Å². The van der Waals surface area contributed by atoms with Crippen LogP contribution in [-0.4, -0.2) is 15.7 Å². The van der Waals surface area contributed by atoms with Crippen molar-refractivity contribution in [3.63, 3.8) is 0 Å². The lowest BCUT2D eigenvalue weighted by Gasteiger charge is -2.04. The van der Waals surface area contributed by atoms with Crippen LogP contribution in [0.2, 0.25) is 0 Å². The molecule has 3 aromatic carbocycles. The van der Waals surface area contributed by atoms with E-state index in [1.807, 2.05) is 60.7 Å². The molecule has 3 heteroatoms. The fourth-order valence-corrected chi connectivity index (χ4v) is 3.27. The van der Waals surface area contributed by atoms with Crippen molar-refractivity contribution in [1.29, 1.82) is 0 Å². The Kier molecular flexibility index (Phi) is 3.93. The molecule has 0 aromatic heterocycles. The molecule has 2 nitrogen and oxygen atoms in total. The average molecular weight is 294 g/mol. The van der Waals surface area contributed by atoms with Crippen LogP contribution in [0.1, 0.15) is 10.4 Å². The summed E-state index contributed by atoms with van der Waals surface area (Å²) in [6.45, 7) is 0. The molecule has 3 rings (SSSR count). The number of carbonyl (C=O) groups excluding carboxylic acids is 1. The summed E-state index contributed by atoms with van der Waals surface area (Å²) >= 11 is 0. The van der Waals surface area contributed by atoms with Gasteiger partial charge in [0.25, 0.3) is 0 Å². The van der Waals surface area contributed by atoms with Gasteiger partial charge in [0.05, 0.1) is 16.6 Å². The number of hydrogen-bond acceptors (Lipinski definition) is 2. The minimum absolute atomic E-state index is 0.0162. The van der Waals surface area contributed by atoms with Gasteiger partial charge >= 0.3 is 0 Å². The van der Waals surface area contributed by atoms with Gasteiger partial charge in [0.15, 0.2) is 5.78 Å². The Morgan fingerprint density at radius 1 is 0.810 bits per heavy atom. The second-order valence-corrected chi connectivity index (χ2v) is 6.24. The normalized spacial score (nSPS) is 12.2. The van der Waals surface area contributed by atoms with Crippen molar-refractivity contribution >= 4 is 27.4 Å². The maximum atomic E-state index is 12.4. The number of benzene rings is 3. The van der Waals surface area contributed by atoms with Gasteiger partial charge in [0.1, 0.15) is 0 Å². The molecular weight excluding hydrogens is 280 g/mol. The van der Waals surface area contributed by atoms with Crippen molar-refractivity contribution < 1.29 is 9.00 Å². The monoisotopic (exact) mass is 294 g/mol. The highest BCUT2D eigenvalue weighted by Crippen LogP contribution is 2.18. The summed E-state index contributed by atoms with van der Waals surface area (Å²) in [6, 6.07) is 22.6. The van der Waals surface area contributed by atoms with E-state index in [1.54, 1.807) is 12.1 Å². The highest BCUT2D eigenvalue weighted by Gasteiger charge is 2.12. The SMILES string of the molecule is O=C(CS(=O)c1ccc2ccccc2c1)c1ccccc1. The molecule has 0 aliphatic carbocycles. The van der Waals surface area contributed by atoms with Crippen LogP contribution in [0.4, 0.5) is 0 Å². The minimum atomic E-state index is -1.32. The first-order valence-electron chi connectivity index (χ1n) is 6.69. The number of carbonyl (C=O) groups is 1. The first-order chi connectivity index (χ1) is 10.2. The number of ketones is 1. The van der Waals surface area contributed by atoms with Crippen LogP contribution in [0, 0.1) is 0 Å². The summed E-state index contributed by atoms with van der Waals surface area (Å²) < 4.78 is 12.4. The zero-order chi connectivity index (χ0) is 14.7. The Morgan fingerprint density at radius 3 is 2.24 bits per heavy atom. The van der Waals surface area contributed by atoms with Gasteiger partial charge in [-0.25, -0.2) is 0 Å². The van der Waals surface area contributed by atoms with Crippen LogP contribution in [0.25, 0.3) is 10.8 Å². The molecule has 0 radical (unpaired) electrons. The van der Waals surface area contributed by atoms with Gasteiger partial charge in [-0.15, -0.1) is 0 Å². The highest BCUT2D eigenvalue weighted by atomic mass is 32.2. The van der Waals surface area contributed by atoms with Crippen LogP contribution < -0.4 is 0 Å². The first kappa shape index (κ1) is 13.7. The van der Waals surface area contributed by atoms with Crippen molar-refractivity contribution in [3.05, 3.63) is 78.4 Å². The molecule has 1 unspecified atom stereocenters. The smallest absolute Gasteiger partial charge is 0.175 e. The Bertz CT molecular complexity index is 810. The van der Waals surface area contributed by atoms with Gasteiger partial charge in [-0.1, -0.05) is 60.7 Å². The van der Waals surface area contributed by atoms with E-state index in [2.05, 4.69) is 0 Å². The quantitative estimate of drug-likeness (QED) is 0.685. The summed E-state index contributed by atoms with van der Waals surface area (Å²) in [5.41, 5.74) is 0.603. The molecule has 0 amide bonds. The zero-order valence-corrected chi connectivity index (χ0v) is 12.2. The van der Waals surface area contributed by atoms with E-state index in [0.717, 1.165) is 10.8 Å². The van der Waals surface area contributed by atoms with E-state index in [9.17, 15) is 9.00 Å². The fourth-order valence-electron chi connectivity index (χ4n) is 2.22. The number of hydrogen-bond donors (Lipinski definition) is 0. The topological polar surface area (TPSA) is 34.1 Å². The molecule has 104 valence electrons. The van der Waals surface area contributed by atoms with Gasteiger partial charge in [0.2, 0.25) is 0 Å². The van der Waals surface area contributed by atoms with E-state index in [4.69, 9.17) is 0 Å². The molecule has 3 aromatic rings. The Balaban J connectivity index is 1.82. The predicted molar refractivity (Wildman–Crippen MR) is 86.0 cm³/mol. The molecule has 0 aliphatic heterocycles. The minimum Gasteiger partial charge on any atom is -0.293 e. The zero-order valence-electron chi connectivity index (χ0n) is 11.4. The maximum Gasteiger partial charge on any atom is 0.175 e. The lowest BCUT2D eigenvalue weighted by Crippen LogP contribution is -2.10. The summed E-state index contributed by atoms with van der Waals surface area (Å²) in [7, 11) is -1.32. The molecule has 1 atom stereocenters. The summed E-state index contributed by atoms with van der Waals surface area (Å²) in [5.74, 6) is -0.0791. The van der Waals surface area contributed by atoms with E-state index < -0.39 is 10.8 Å². The Morgan fingerprint density at radius 2 is 1.48 bits per heavy atom. The van der Waals surface area contributed by atoms with Crippen molar-refractivity contribution in [2.45, 2.75) is 4.90 Å². The van der Waals surface area contributed by atoms with Crippen LogP contribution >= 0.6 is 0 Å². The molecule has 0 spiro atoms. The van der Waals surface area contributed by atoms with Crippen molar-refractivity contribution in [2.24, 2.45) is 0 Å². The van der Waals surface area contributed by atoms with E-state index in [1.165, 1.54) is 0 Å². The van der Waals surface area contributed by atoms with Crippen LogP contribution in [-0.2, 0) is 10.8 Å². The lowest BCUT2D eigenvalue weighted by molar-refractivity contribution is 0.102. The molecule has 0 aliphatic rings. The third-order valence-electron chi connectivity index (χ3n) is 3.34. The van der Waals surface area contributed by atoms with Crippen molar-refractivity contribution in [2.75, 3.05) is 5.75 Å². The van der Waals surface area contributed by atoms with E-state index in [0.29, 0.717) is 10.5 Å². The fraction of sp³-hybridized carbons (Fsp3) is 0.0556. The second-order valence-electron chi connectivity index (χ2n) is 4.79. The van der Waals surface area contributed by atoms with Gasteiger partial charge < -0.3 is 0 Å². The van der Waals surface area contributed by atoms with Crippen LogP contribution in [0.15, 0.2) is 77.7 Å². The number of Topliss-reactive ketones (excluding diaryl/α,β-unsaturated/α-hetero) is 1. The molecule has 0 saturated carbocycles. The van der Waals surface area contributed by atoms with Gasteiger partial charge in [-0.2, -0.15) is 0 Å². The summed E-state index contributed by atoms with van der Waals surface area (Å²) in [4.78, 5) is 12.8. The number of fused-ring (bicyclic) bond motifs is 1. The molecule has 0 N–H and O–H groups in total. The largest absolute Gasteiger partial charge is 0.293 e. The van der Waals surface area contributed by atoms with Gasteiger partial charge in [-0.3, -0.25) is 9.00 Å². The highest BCUT2D eigenvalue weighted by molar-refractivity contribution is 7.85. The average Bonchev–Trinajstić information content (AvgIpc) is 2.55. The third kappa shape index (κ3) is 3.09. The molecule has 21 heavy (non-hydrogen) atoms. The molecular formula is C18H14O2S. The second kappa shape index (κ2) is 6.02. The van der Waals surface area contributed by atoms with Crippen molar-refractivity contribution in [3.8, 4) is 0 Å². The molecule has 0 saturated heterocycles. The molecule has 0 fully saturated rings. The summed E-state index contributed by atoms with van der Waals surface area (Å²) in [6.07, 6.45) is 0. The van der Waals surface area contributed by atoms with Crippen LogP contribution in [0.5, 0.6) is 0 Å². The number of rotatable bonds is 4. The lowest BCUT2D eigenvalue weighted by atomic mass is 10.1. The molecule has 0 heterocycles. The summed E-state index contributed by atoms with van der Waals surface area (Å²) in [5, 5.41) is 2.14. The van der Waals surface area contributed by atoms with Crippen molar-refractivity contribution in [1.82, 2.24) is 0 Å². The van der Waals surface area contributed by atoms with Gasteiger partial charge in [0, 0.05) is 10.5 Å². The Hall–Kier alpha value is -2.26. The molecule has 0 bridgehead atoms. The van der Waals surface area contributed by atoms with E-state index >= 15 is 0 Å². The van der Waals surface area contributed by atoms with E-state index in [-0.39, 0.29) is 11.5 Å². The standard InChI is InChI=1S/C18H14O2S/c19-18(15-7-2-1-3-8-15)13-21(20)17-11-10-14-6-4-5-9-16(14)12-17/h1-12H,13H2. The van der Waals surface area contributed by atoms with Gasteiger partial charge in [-0.05, 0) is 22.9 Å². The predicted octanol–water partition coefficient (Wildman–Crippen LogP) is 3.83. The maximum absolute atomic E-state index is 12.4. The first-order valence-corrected chi connectivity index (χ1v) is 8.01. The third-order valence-corrected chi connectivity index (χ3v) is 4.65.